The topological polar surface area (TPSA) is 72.6 Å². The monoisotopic (exact) mass is 254 g/mol. The SMILES string of the molecule is C=CCN(C[C@H](N)C(=O)OC)C(=O)C(F)(F)F. The third-order valence-electron chi connectivity index (χ3n) is 1.80. The van der Waals surface area contributed by atoms with E-state index in [1.165, 1.54) is 0 Å². The molecule has 0 heterocycles. The quantitative estimate of drug-likeness (QED) is 0.556. The molecule has 1 amide bonds. The highest BCUT2D eigenvalue weighted by atomic mass is 19.4. The van der Waals surface area contributed by atoms with Crippen LogP contribution in [0.4, 0.5) is 13.2 Å². The third kappa shape index (κ3) is 4.85. The van der Waals surface area contributed by atoms with E-state index in [-0.39, 0.29) is 6.54 Å². The summed E-state index contributed by atoms with van der Waals surface area (Å²) in [6.07, 6.45) is -3.91. The molecule has 0 spiro atoms. The van der Waals surface area contributed by atoms with Gasteiger partial charge < -0.3 is 15.4 Å². The van der Waals surface area contributed by atoms with E-state index in [1.807, 2.05) is 0 Å². The molecule has 0 aromatic carbocycles. The largest absolute Gasteiger partial charge is 0.471 e. The molecule has 0 rings (SSSR count). The van der Waals surface area contributed by atoms with E-state index < -0.39 is 30.6 Å². The molecule has 0 unspecified atom stereocenters. The van der Waals surface area contributed by atoms with E-state index in [0.29, 0.717) is 4.90 Å². The van der Waals surface area contributed by atoms with Gasteiger partial charge in [0.05, 0.1) is 7.11 Å². The maximum Gasteiger partial charge on any atom is 0.471 e. The van der Waals surface area contributed by atoms with Gasteiger partial charge in [-0.1, -0.05) is 6.08 Å². The highest BCUT2D eigenvalue weighted by Gasteiger charge is 2.42. The first-order valence-corrected chi connectivity index (χ1v) is 4.54. The predicted molar refractivity (Wildman–Crippen MR) is 52.8 cm³/mol. The molecule has 0 aromatic rings. The van der Waals surface area contributed by atoms with Crippen molar-refractivity contribution in [2.24, 2.45) is 5.73 Å². The normalized spacial score (nSPS) is 12.8. The first-order valence-electron chi connectivity index (χ1n) is 4.54. The zero-order valence-electron chi connectivity index (χ0n) is 9.16. The van der Waals surface area contributed by atoms with Crippen LogP contribution in [0.3, 0.4) is 0 Å². The molecule has 0 saturated carbocycles. The second-order valence-corrected chi connectivity index (χ2v) is 3.13. The van der Waals surface area contributed by atoms with Crippen molar-refractivity contribution in [1.29, 1.82) is 0 Å². The molecule has 98 valence electrons. The Kier molecular flexibility index (Phi) is 5.66. The lowest BCUT2D eigenvalue weighted by Crippen LogP contribution is -2.49. The van der Waals surface area contributed by atoms with Gasteiger partial charge in [-0.15, -0.1) is 6.58 Å². The highest BCUT2D eigenvalue weighted by molar-refractivity contribution is 5.83. The van der Waals surface area contributed by atoms with Crippen LogP contribution in [0, 0.1) is 0 Å². The van der Waals surface area contributed by atoms with Crippen LogP contribution in [0.2, 0.25) is 0 Å². The molecular formula is C9H13F3N2O3. The second-order valence-electron chi connectivity index (χ2n) is 3.13. The molecule has 17 heavy (non-hydrogen) atoms. The highest BCUT2D eigenvalue weighted by Crippen LogP contribution is 2.18. The number of carbonyl (C=O) groups excluding carboxylic acids is 2. The molecule has 0 radical (unpaired) electrons. The minimum atomic E-state index is -5.02. The fourth-order valence-electron chi connectivity index (χ4n) is 1.04. The first kappa shape index (κ1) is 15.4. The Bertz CT molecular complexity index is 304. The summed E-state index contributed by atoms with van der Waals surface area (Å²) in [7, 11) is 1.05. The summed E-state index contributed by atoms with van der Waals surface area (Å²) in [4.78, 5) is 22.3. The maximum atomic E-state index is 12.2. The second kappa shape index (κ2) is 6.24. The van der Waals surface area contributed by atoms with E-state index in [9.17, 15) is 22.8 Å². The average Bonchev–Trinajstić information content (AvgIpc) is 2.24. The van der Waals surface area contributed by atoms with E-state index in [2.05, 4.69) is 11.3 Å². The number of nitrogens with two attached hydrogens (primary N) is 1. The lowest BCUT2D eigenvalue weighted by molar-refractivity contribution is -0.185. The molecule has 0 saturated heterocycles. The number of hydrogen-bond donors (Lipinski definition) is 1. The number of halogens is 3. The summed E-state index contributed by atoms with van der Waals surface area (Å²) >= 11 is 0. The molecule has 0 aliphatic carbocycles. The van der Waals surface area contributed by atoms with Crippen molar-refractivity contribution in [3.8, 4) is 0 Å². The molecule has 0 aliphatic heterocycles. The summed E-state index contributed by atoms with van der Waals surface area (Å²) < 4.78 is 40.8. The molecule has 0 aliphatic rings. The number of hydrogen-bond acceptors (Lipinski definition) is 4. The van der Waals surface area contributed by atoms with Crippen molar-refractivity contribution in [3.63, 3.8) is 0 Å². The van der Waals surface area contributed by atoms with Gasteiger partial charge in [0.1, 0.15) is 6.04 Å². The smallest absolute Gasteiger partial charge is 0.468 e. The van der Waals surface area contributed by atoms with Crippen LogP contribution < -0.4 is 5.73 Å². The number of esters is 1. The maximum absolute atomic E-state index is 12.2. The Balaban J connectivity index is 4.70. The van der Waals surface area contributed by atoms with Gasteiger partial charge in [-0.05, 0) is 0 Å². The van der Waals surface area contributed by atoms with E-state index in [0.717, 1.165) is 13.2 Å². The van der Waals surface area contributed by atoms with Crippen molar-refractivity contribution >= 4 is 11.9 Å². The van der Waals surface area contributed by atoms with Crippen LogP contribution in [0.5, 0.6) is 0 Å². The van der Waals surface area contributed by atoms with Crippen LogP contribution in [-0.2, 0) is 14.3 Å². The molecule has 5 nitrogen and oxygen atoms in total. The summed E-state index contributed by atoms with van der Waals surface area (Å²) in [6, 6.07) is -1.33. The van der Waals surface area contributed by atoms with Gasteiger partial charge in [-0.2, -0.15) is 13.2 Å². The van der Waals surface area contributed by atoms with E-state index in [1.54, 1.807) is 0 Å². The first-order chi connectivity index (χ1) is 7.73. The van der Waals surface area contributed by atoms with Gasteiger partial charge in [0, 0.05) is 13.1 Å². The summed E-state index contributed by atoms with van der Waals surface area (Å²) in [5, 5.41) is 0. The van der Waals surface area contributed by atoms with Gasteiger partial charge >= 0.3 is 18.1 Å². The Morgan fingerprint density at radius 2 is 2.06 bits per heavy atom. The lowest BCUT2D eigenvalue weighted by Gasteiger charge is -2.24. The van der Waals surface area contributed by atoms with Gasteiger partial charge in [-0.25, -0.2) is 0 Å². The van der Waals surface area contributed by atoms with Crippen LogP contribution >= 0.6 is 0 Å². The van der Waals surface area contributed by atoms with Gasteiger partial charge in [0.15, 0.2) is 0 Å². The zero-order valence-corrected chi connectivity index (χ0v) is 9.16. The average molecular weight is 254 g/mol. The van der Waals surface area contributed by atoms with Gasteiger partial charge in [0.2, 0.25) is 0 Å². The third-order valence-corrected chi connectivity index (χ3v) is 1.80. The van der Waals surface area contributed by atoms with Gasteiger partial charge in [-0.3, -0.25) is 9.59 Å². The minimum Gasteiger partial charge on any atom is -0.468 e. The Morgan fingerprint density at radius 3 is 2.41 bits per heavy atom. The lowest BCUT2D eigenvalue weighted by atomic mass is 10.2. The van der Waals surface area contributed by atoms with Crippen molar-refractivity contribution < 1.29 is 27.5 Å². The summed E-state index contributed by atoms with van der Waals surface area (Å²) in [5.41, 5.74) is 5.27. The number of nitrogens with zero attached hydrogens (tertiary/aromatic N) is 1. The minimum absolute atomic E-state index is 0.358. The number of alkyl halides is 3. The number of ether oxygens (including phenoxy) is 1. The van der Waals surface area contributed by atoms with Crippen LogP contribution in [0.25, 0.3) is 0 Å². The van der Waals surface area contributed by atoms with Crippen molar-refractivity contribution in [2.75, 3.05) is 20.2 Å². The fourth-order valence-corrected chi connectivity index (χ4v) is 1.04. The Hall–Kier alpha value is -1.57. The molecule has 8 heteroatoms. The van der Waals surface area contributed by atoms with Crippen molar-refractivity contribution in [2.45, 2.75) is 12.2 Å². The number of methoxy groups -OCH3 is 1. The molecular weight excluding hydrogens is 241 g/mol. The molecule has 0 aromatic heterocycles. The number of amides is 1. The van der Waals surface area contributed by atoms with E-state index in [4.69, 9.17) is 5.73 Å². The molecule has 0 fully saturated rings. The van der Waals surface area contributed by atoms with Gasteiger partial charge in [0.25, 0.3) is 0 Å². The van der Waals surface area contributed by atoms with Crippen LogP contribution in [0.1, 0.15) is 0 Å². The number of carbonyl (C=O) groups is 2. The predicted octanol–water partition coefficient (Wildman–Crippen LogP) is 0.0636. The molecule has 0 bridgehead atoms. The zero-order chi connectivity index (χ0) is 13.6. The molecule has 1 atom stereocenters. The summed E-state index contributed by atoms with van der Waals surface area (Å²) in [6.45, 7) is 2.27. The standard InChI is InChI=1S/C9H13F3N2O3/c1-3-4-14(8(16)9(10,11)12)5-6(13)7(15)17-2/h3,6H,1,4-5,13H2,2H3/t6-/m0/s1. The van der Waals surface area contributed by atoms with Crippen molar-refractivity contribution in [1.82, 2.24) is 4.90 Å². The Labute approximate surface area is 96.0 Å². The van der Waals surface area contributed by atoms with Crippen LogP contribution in [-0.4, -0.2) is 49.2 Å². The number of rotatable bonds is 5. The van der Waals surface area contributed by atoms with Crippen LogP contribution in [0.15, 0.2) is 12.7 Å². The Morgan fingerprint density at radius 1 is 1.53 bits per heavy atom. The summed E-state index contributed by atoms with van der Waals surface area (Å²) in [5.74, 6) is -2.97. The van der Waals surface area contributed by atoms with Crippen molar-refractivity contribution in [3.05, 3.63) is 12.7 Å². The fraction of sp³-hybridized carbons (Fsp3) is 0.556. The van der Waals surface area contributed by atoms with E-state index >= 15 is 0 Å². The molecule has 2 N–H and O–H groups in total.